The molecule has 1 heterocycles. The maximum absolute atomic E-state index is 12.6. The molecule has 0 N–H and O–H groups in total. The lowest BCUT2D eigenvalue weighted by Crippen LogP contribution is -2.42. The van der Waals surface area contributed by atoms with Gasteiger partial charge in [-0.2, -0.15) is 0 Å². The zero-order chi connectivity index (χ0) is 14.7. The Balaban J connectivity index is 1.77. The maximum atomic E-state index is 12.6. The van der Waals surface area contributed by atoms with Crippen LogP contribution in [-0.2, 0) is 4.74 Å². The van der Waals surface area contributed by atoms with E-state index in [1.54, 1.807) is 12.1 Å². The SMILES string of the molecule is O=C(c1ccccc1Cl)N1CCOC(c2ccccc2)C1. The van der Waals surface area contributed by atoms with Crippen LogP contribution in [0.5, 0.6) is 0 Å². The lowest BCUT2D eigenvalue weighted by atomic mass is 10.1. The van der Waals surface area contributed by atoms with Crippen molar-refractivity contribution < 1.29 is 9.53 Å². The molecule has 1 fully saturated rings. The number of halogens is 1. The van der Waals surface area contributed by atoms with Crippen molar-refractivity contribution in [3.8, 4) is 0 Å². The standard InChI is InChI=1S/C17H16ClNO2/c18-15-9-5-4-8-14(15)17(20)19-10-11-21-16(12-19)13-6-2-1-3-7-13/h1-9,16H,10-12H2. The molecule has 0 aromatic heterocycles. The fraction of sp³-hybridized carbons (Fsp3) is 0.235. The summed E-state index contributed by atoms with van der Waals surface area (Å²) in [5, 5.41) is 0.491. The first-order valence-electron chi connectivity index (χ1n) is 6.96. The Morgan fingerprint density at radius 1 is 1.10 bits per heavy atom. The van der Waals surface area contributed by atoms with Crippen LogP contribution in [0.1, 0.15) is 22.0 Å². The van der Waals surface area contributed by atoms with Gasteiger partial charge in [0.25, 0.3) is 5.91 Å². The third-order valence-electron chi connectivity index (χ3n) is 3.63. The van der Waals surface area contributed by atoms with Crippen LogP contribution < -0.4 is 0 Å². The summed E-state index contributed by atoms with van der Waals surface area (Å²) in [6, 6.07) is 17.1. The largest absolute Gasteiger partial charge is 0.370 e. The molecular formula is C17H16ClNO2. The second-order valence-electron chi connectivity index (χ2n) is 5.00. The highest BCUT2D eigenvalue weighted by Crippen LogP contribution is 2.24. The van der Waals surface area contributed by atoms with E-state index in [-0.39, 0.29) is 12.0 Å². The molecule has 0 bridgehead atoms. The normalized spacial score (nSPS) is 18.5. The summed E-state index contributed by atoms with van der Waals surface area (Å²) in [5.41, 5.74) is 1.64. The van der Waals surface area contributed by atoms with Crippen LogP contribution in [0, 0.1) is 0 Å². The Hall–Kier alpha value is -1.84. The van der Waals surface area contributed by atoms with Crippen molar-refractivity contribution >= 4 is 17.5 Å². The Labute approximate surface area is 129 Å². The van der Waals surface area contributed by atoms with E-state index >= 15 is 0 Å². The summed E-state index contributed by atoms with van der Waals surface area (Å²) < 4.78 is 5.78. The second-order valence-corrected chi connectivity index (χ2v) is 5.41. The van der Waals surface area contributed by atoms with Crippen LogP contribution in [0.4, 0.5) is 0 Å². The van der Waals surface area contributed by atoms with Gasteiger partial charge in [0.05, 0.1) is 23.7 Å². The first-order valence-corrected chi connectivity index (χ1v) is 7.34. The molecular weight excluding hydrogens is 286 g/mol. The van der Waals surface area contributed by atoms with E-state index in [1.807, 2.05) is 47.4 Å². The van der Waals surface area contributed by atoms with E-state index in [0.717, 1.165) is 5.56 Å². The van der Waals surface area contributed by atoms with Crippen LogP contribution in [-0.4, -0.2) is 30.5 Å². The van der Waals surface area contributed by atoms with Crippen LogP contribution in [0.2, 0.25) is 5.02 Å². The summed E-state index contributed by atoms with van der Waals surface area (Å²) in [4.78, 5) is 14.4. The molecule has 4 heteroatoms. The van der Waals surface area contributed by atoms with Crippen molar-refractivity contribution in [1.82, 2.24) is 4.90 Å². The van der Waals surface area contributed by atoms with Crippen LogP contribution >= 0.6 is 11.6 Å². The lowest BCUT2D eigenvalue weighted by Gasteiger charge is -2.33. The minimum atomic E-state index is -0.0774. The van der Waals surface area contributed by atoms with Gasteiger partial charge in [-0.3, -0.25) is 4.79 Å². The highest BCUT2D eigenvalue weighted by atomic mass is 35.5. The molecule has 1 amide bonds. The number of hydrogen-bond acceptors (Lipinski definition) is 2. The maximum Gasteiger partial charge on any atom is 0.255 e. The van der Waals surface area contributed by atoms with Gasteiger partial charge >= 0.3 is 0 Å². The van der Waals surface area contributed by atoms with Gasteiger partial charge in [-0.1, -0.05) is 54.1 Å². The molecule has 3 rings (SSSR count). The van der Waals surface area contributed by atoms with Gasteiger partial charge in [-0.25, -0.2) is 0 Å². The van der Waals surface area contributed by atoms with Crippen molar-refractivity contribution in [2.45, 2.75) is 6.10 Å². The smallest absolute Gasteiger partial charge is 0.255 e. The number of benzene rings is 2. The minimum absolute atomic E-state index is 0.0372. The van der Waals surface area contributed by atoms with Gasteiger partial charge in [-0.15, -0.1) is 0 Å². The van der Waals surface area contributed by atoms with Crippen LogP contribution in [0.25, 0.3) is 0 Å². The zero-order valence-electron chi connectivity index (χ0n) is 11.5. The van der Waals surface area contributed by atoms with Crippen molar-refractivity contribution in [2.75, 3.05) is 19.7 Å². The number of carbonyl (C=O) groups is 1. The number of nitrogens with zero attached hydrogens (tertiary/aromatic N) is 1. The molecule has 1 saturated heterocycles. The molecule has 108 valence electrons. The summed E-state index contributed by atoms with van der Waals surface area (Å²) in [6.45, 7) is 1.68. The highest BCUT2D eigenvalue weighted by Gasteiger charge is 2.26. The molecule has 1 unspecified atom stereocenters. The topological polar surface area (TPSA) is 29.5 Å². The van der Waals surface area contributed by atoms with Crippen molar-refractivity contribution in [1.29, 1.82) is 0 Å². The molecule has 1 aliphatic rings. The first-order chi connectivity index (χ1) is 10.3. The van der Waals surface area contributed by atoms with E-state index in [2.05, 4.69) is 0 Å². The molecule has 21 heavy (non-hydrogen) atoms. The number of morpholine rings is 1. The fourth-order valence-electron chi connectivity index (χ4n) is 2.51. The molecule has 0 aliphatic carbocycles. The van der Waals surface area contributed by atoms with Gasteiger partial charge < -0.3 is 9.64 Å². The minimum Gasteiger partial charge on any atom is -0.370 e. The molecule has 2 aromatic carbocycles. The van der Waals surface area contributed by atoms with E-state index in [1.165, 1.54) is 0 Å². The van der Waals surface area contributed by atoms with Crippen LogP contribution in [0.15, 0.2) is 54.6 Å². The van der Waals surface area contributed by atoms with Gasteiger partial charge in [0.2, 0.25) is 0 Å². The Morgan fingerprint density at radius 3 is 2.57 bits per heavy atom. The number of rotatable bonds is 2. The van der Waals surface area contributed by atoms with Crippen molar-refractivity contribution in [3.63, 3.8) is 0 Å². The predicted molar refractivity (Wildman–Crippen MR) is 82.5 cm³/mol. The van der Waals surface area contributed by atoms with Crippen molar-refractivity contribution in [2.24, 2.45) is 0 Å². The Bertz CT molecular complexity index is 630. The third kappa shape index (κ3) is 3.09. The van der Waals surface area contributed by atoms with E-state index < -0.39 is 0 Å². The molecule has 2 aromatic rings. The van der Waals surface area contributed by atoms with Gasteiger partial charge in [-0.05, 0) is 17.7 Å². The molecule has 0 saturated carbocycles. The Kier molecular flexibility index (Phi) is 4.23. The quantitative estimate of drug-likeness (QED) is 0.849. The van der Waals surface area contributed by atoms with Gasteiger partial charge in [0.15, 0.2) is 0 Å². The van der Waals surface area contributed by atoms with Gasteiger partial charge in [0, 0.05) is 6.54 Å². The second kappa shape index (κ2) is 6.29. The lowest BCUT2D eigenvalue weighted by molar-refractivity contribution is -0.0228. The highest BCUT2D eigenvalue weighted by molar-refractivity contribution is 6.33. The van der Waals surface area contributed by atoms with Crippen LogP contribution in [0.3, 0.4) is 0 Å². The van der Waals surface area contributed by atoms with Crippen molar-refractivity contribution in [3.05, 3.63) is 70.7 Å². The summed E-state index contributed by atoms with van der Waals surface area (Å²) in [7, 11) is 0. The molecule has 1 atom stereocenters. The first kappa shape index (κ1) is 14.1. The monoisotopic (exact) mass is 301 g/mol. The third-order valence-corrected chi connectivity index (χ3v) is 3.96. The fourth-order valence-corrected chi connectivity index (χ4v) is 2.72. The average molecular weight is 302 g/mol. The van der Waals surface area contributed by atoms with E-state index in [9.17, 15) is 4.79 Å². The molecule has 1 aliphatic heterocycles. The number of amides is 1. The number of hydrogen-bond donors (Lipinski definition) is 0. The number of carbonyl (C=O) groups excluding carboxylic acids is 1. The Morgan fingerprint density at radius 2 is 1.81 bits per heavy atom. The molecule has 0 spiro atoms. The van der Waals surface area contributed by atoms with E-state index in [4.69, 9.17) is 16.3 Å². The molecule has 0 radical (unpaired) electrons. The predicted octanol–water partition coefficient (Wildman–Crippen LogP) is 3.55. The van der Waals surface area contributed by atoms with Gasteiger partial charge in [0.1, 0.15) is 6.10 Å². The summed E-state index contributed by atoms with van der Waals surface area (Å²) in [6.07, 6.45) is -0.0774. The average Bonchev–Trinajstić information content (AvgIpc) is 2.56. The summed E-state index contributed by atoms with van der Waals surface area (Å²) >= 11 is 6.11. The summed E-state index contributed by atoms with van der Waals surface area (Å²) in [5.74, 6) is -0.0372. The number of ether oxygens (including phenoxy) is 1. The zero-order valence-corrected chi connectivity index (χ0v) is 12.3. The molecule has 3 nitrogen and oxygen atoms in total. The van der Waals surface area contributed by atoms with E-state index in [0.29, 0.717) is 30.3 Å².